The first-order chi connectivity index (χ1) is 7.60. The lowest BCUT2D eigenvalue weighted by Crippen LogP contribution is -2.20. The van der Waals surface area contributed by atoms with E-state index >= 15 is 0 Å². The van der Waals surface area contributed by atoms with Crippen LogP contribution in [0.25, 0.3) is 0 Å². The minimum Gasteiger partial charge on any atom is -0.496 e. The standard InChI is InChI=1S/C12H15NO3/c1-15-10-4-3-8(11(14)16-2)7-9(10)12(13)5-6-12/h3-4,7H,5-6,13H2,1-2H3. The van der Waals surface area contributed by atoms with Gasteiger partial charge in [0.15, 0.2) is 0 Å². The Labute approximate surface area is 94.3 Å². The SMILES string of the molecule is COC(=O)c1ccc(OC)c(C2(N)CC2)c1. The van der Waals surface area contributed by atoms with E-state index in [-0.39, 0.29) is 11.5 Å². The second-order valence-electron chi connectivity index (χ2n) is 4.06. The molecule has 4 heteroatoms. The zero-order valence-electron chi connectivity index (χ0n) is 9.45. The summed E-state index contributed by atoms with van der Waals surface area (Å²) in [6.45, 7) is 0. The van der Waals surface area contributed by atoms with Gasteiger partial charge in [-0.25, -0.2) is 4.79 Å². The van der Waals surface area contributed by atoms with Gasteiger partial charge >= 0.3 is 5.97 Å². The number of methoxy groups -OCH3 is 2. The van der Waals surface area contributed by atoms with Crippen LogP contribution in [0.2, 0.25) is 0 Å². The van der Waals surface area contributed by atoms with Gasteiger partial charge in [-0.15, -0.1) is 0 Å². The maximum absolute atomic E-state index is 11.4. The van der Waals surface area contributed by atoms with Crippen molar-refractivity contribution in [3.63, 3.8) is 0 Å². The number of carbonyl (C=O) groups is 1. The predicted molar refractivity (Wildman–Crippen MR) is 59.4 cm³/mol. The molecule has 1 aromatic carbocycles. The van der Waals surface area contributed by atoms with E-state index in [1.54, 1.807) is 25.3 Å². The van der Waals surface area contributed by atoms with Crippen LogP contribution in [0.5, 0.6) is 5.75 Å². The molecule has 2 rings (SSSR count). The van der Waals surface area contributed by atoms with Crippen LogP contribution in [0.1, 0.15) is 28.8 Å². The summed E-state index contributed by atoms with van der Waals surface area (Å²) in [4.78, 5) is 11.4. The topological polar surface area (TPSA) is 61.5 Å². The lowest BCUT2D eigenvalue weighted by atomic mass is 10.0. The minimum atomic E-state index is -0.354. The van der Waals surface area contributed by atoms with Crippen molar-refractivity contribution in [1.29, 1.82) is 0 Å². The van der Waals surface area contributed by atoms with Crippen molar-refractivity contribution in [2.24, 2.45) is 5.73 Å². The van der Waals surface area contributed by atoms with Gasteiger partial charge in [-0.05, 0) is 31.0 Å². The molecule has 0 atom stereocenters. The van der Waals surface area contributed by atoms with Gasteiger partial charge in [0.05, 0.1) is 19.8 Å². The van der Waals surface area contributed by atoms with Crippen molar-refractivity contribution in [2.45, 2.75) is 18.4 Å². The van der Waals surface area contributed by atoms with Crippen molar-refractivity contribution in [1.82, 2.24) is 0 Å². The molecule has 0 radical (unpaired) electrons. The molecule has 1 aliphatic carbocycles. The number of hydrogen-bond acceptors (Lipinski definition) is 4. The van der Waals surface area contributed by atoms with E-state index in [4.69, 9.17) is 10.5 Å². The summed E-state index contributed by atoms with van der Waals surface area (Å²) < 4.78 is 9.93. The van der Waals surface area contributed by atoms with Crippen LogP contribution in [-0.4, -0.2) is 20.2 Å². The summed E-state index contributed by atoms with van der Waals surface area (Å²) >= 11 is 0. The number of ether oxygens (including phenoxy) is 2. The van der Waals surface area contributed by atoms with Crippen LogP contribution in [0.15, 0.2) is 18.2 Å². The molecule has 1 aliphatic rings. The average molecular weight is 221 g/mol. The maximum atomic E-state index is 11.4. The Morgan fingerprint density at radius 1 is 1.38 bits per heavy atom. The molecular weight excluding hydrogens is 206 g/mol. The van der Waals surface area contributed by atoms with Gasteiger partial charge in [0, 0.05) is 11.1 Å². The molecular formula is C12H15NO3. The average Bonchev–Trinajstić information content (AvgIpc) is 3.06. The van der Waals surface area contributed by atoms with Crippen LogP contribution in [0, 0.1) is 0 Å². The summed E-state index contributed by atoms with van der Waals surface area (Å²) in [5.74, 6) is 0.376. The molecule has 0 saturated heterocycles. The normalized spacial score (nSPS) is 16.7. The number of benzene rings is 1. The number of nitrogens with two attached hydrogens (primary N) is 1. The highest BCUT2D eigenvalue weighted by Gasteiger charge is 2.42. The summed E-state index contributed by atoms with van der Waals surface area (Å²) in [6, 6.07) is 5.20. The molecule has 1 aromatic rings. The van der Waals surface area contributed by atoms with Crippen molar-refractivity contribution in [3.05, 3.63) is 29.3 Å². The molecule has 1 saturated carbocycles. The van der Waals surface area contributed by atoms with Crippen molar-refractivity contribution in [3.8, 4) is 5.75 Å². The van der Waals surface area contributed by atoms with Gasteiger partial charge in [0.2, 0.25) is 0 Å². The molecule has 0 unspecified atom stereocenters. The lowest BCUT2D eigenvalue weighted by molar-refractivity contribution is 0.0600. The molecule has 16 heavy (non-hydrogen) atoms. The zero-order chi connectivity index (χ0) is 11.8. The first-order valence-corrected chi connectivity index (χ1v) is 5.16. The second kappa shape index (κ2) is 3.79. The summed E-state index contributed by atoms with van der Waals surface area (Å²) in [6.07, 6.45) is 1.85. The Kier molecular flexibility index (Phi) is 2.59. The lowest BCUT2D eigenvalue weighted by Gasteiger charge is -2.15. The van der Waals surface area contributed by atoms with Gasteiger partial charge in [-0.2, -0.15) is 0 Å². The maximum Gasteiger partial charge on any atom is 0.337 e. The molecule has 0 aliphatic heterocycles. The monoisotopic (exact) mass is 221 g/mol. The Bertz CT molecular complexity index is 424. The molecule has 2 N–H and O–H groups in total. The fraction of sp³-hybridized carbons (Fsp3) is 0.417. The third-order valence-electron chi connectivity index (χ3n) is 2.95. The summed E-state index contributed by atoms with van der Waals surface area (Å²) in [5, 5.41) is 0. The van der Waals surface area contributed by atoms with Crippen LogP contribution < -0.4 is 10.5 Å². The van der Waals surface area contributed by atoms with E-state index in [1.807, 2.05) is 0 Å². The van der Waals surface area contributed by atoms with Gasteiger partial charge in [0.1, 0.15) is 5.75 Å². The smallest absolute Gasteiger partial charge is 0.337 e. The number of rotatable bonds is 3. The first-order valence-electron chi connectivity index (χ1n) is 5.16. The molecule has 0 amide bonds. The van der Waals surface area contributed by atoms with E-state index in [0.717, 1.165) is 24.2 Å². The minimum absolute atomic E-state index is 0.324. The number of carbonyl (C=O) groups excluding carboxylic acids is 1. The highest BCUT2D eigenvalue weighted by atomic mass is 16.5. The van der Waals surface area contributed by atoms with Crippen LogP contribution in [-0.2, 0) is 10.3 Å². The zero-order valence-corrected chi connectivity index (χ0v) is 9.45. The van der Waals surface area contributed by atoms with E-state index in [9.17, 15) is 4.79 Å². The predicted octanol–water partition coefficient (Wildman–Crippen LogP) is 1.43. The third-order valence-corrected chi connectivity index (χ3v) is 2.95. The fourth-order valence-electron chi connectivity index (χ4n) is 1.75. The van der Waals surface area contributed by atoms with Crippen molar-refractivity contribution < 1.29 is 14.3 Å². The second-order valence-corrected chi connectivity index (χ2v) is 4.06. The van der Waals surface area contributed by atoms with Crippen molar-refractivity contribution in [2.75, 3.05) is 14.2 Å². The molecule has 4 nitrogen and oxygen atoms in total. The molecule has 0 heterocycles. The largest absolute Gasteiger partial charge is 0.496 e. The van der Waals surface area contributed by atoms with E-state index < -0.39 is 0 Å². The highest BCUT2D eigenvalue weighted by Crippen LogP contribution is 2.46. The van der Waals surface area contributed by atoms with Gasteiger partial charge < -0.3 is 15.2 Å². The van der Waals surface area contributed by atoms with Gasteiger partial charge in [0.25, 0.3) is 0 Å². The van der Waals surface area contributed by atoms with Crippen molar-refractivity contribution >= 4 is 5.97 Å². The Hall–Kier alpha value is -1.55. The van der Waals surface area contributed by atoms with Crippen LogP contribution >= 0.6 is 0 Å². The summed E-state index contributed by atoms with van der Waals surface area (Å²) in [5.41, 5.74) is 7.19. The van der Waals surface area contributed by atoms with Crippen LogP contribution in [0.4, 0.5) is 0 Å². The first kappa shape index (κ1) is 11.0. The number of esters is 1. The Morgan fingerprint density at radius 3 is 2.56 bits per heavy atom. The van der Waals surface area contributed by atoms with E-state index in [0.29, 0.717) is 5.56 Å². The van der Waals surface area contributed by atoms with Gasteiger partial charge in [-0.3, -0.25) is 0 Å². The Morgan fingerprint density at radius 2 is 2.06 bits per heavy atom. The molecule has 0 spiro atoms. The quantitative estimate of drug-likeness (QED) is 0.784. The van der Waals surface area contributed by atoms with Gasteiger partial charge in [-0.1, -0.05) is 0 Å². The molecule has 86 valence electrons. The summed E-state index contributed by atoms with van der Waals surface area (Å²) in [7, 11) is 2.96. The van der Waals surface area contributed by atoms with E-state index in [1.165, 1.54) is 7.11 Å². The molecule has 0 aromatic heterocycles. The molecule has 1 fully saturated rings. The van der Waals surface area contributed by atoms with E-state index in [2.05, 4.69) is 4.74 Å². The number of hydrogen-bond donors (Lipinski definition) is 1. The third kappa shape index (κ3) is 1.76. The fourth-order valence-corrected chi connectivity index (χ4v) is 1.75. The van der Waals surface area contributed by atoms with Crippen LogP contribution in [0.3, 0.4) is 0 Å². The highest BCUT2D eigenvalue weighted by molar-refractivity contribution is 5.89. The molecule has 0 bridgehead atoms. The Balaban J connectivity index is 2.43.